The van der Waals surface area contributed by atoms with E-state index in [2.05, 4.69) is 4.72 Å². The molecule has 0 radical (unpaired) electrons. The molecule has 1 aromatic rings. The van der Waals surface area contributed by atoms with Crippen LogP contribution in [0.3, 0.4) is 0 Å². The average Bonchev–Trinajstić information content (AvgIpc) is 2.73. The number of alkyl halides is 1. The van der Waals surface area contributed by atoms with Gasteiger partial charge in [0.2, 0.25) is 16.8 Å². The predicted octanol–water partition coefficient (Wildman–Crippen LogP) is 1.79. The Morgan fingerprint density at radius 2 is 2.06 bits per heavy atom. The van der Waals surface area contributed by atoms with Gasteiger partial charge in [0.1, 0.15) is 0 Å². The van der Waals surface area contributed by atoms with Gasteiger partial charge < -0.3 is 9.47 Å². The van der Waals surface area contributed by atoms with E-state index in [1.165, 1.54) is 0 Å². The highest BCUT2D eigenvalue weighted by Gasteiger charge is 2.15. The zero-order valence-electron chi connectivity index (χ0n) is 8.98. The van der Waals surface area contributed by atoms with Gasteiger partial charge in [-0.1, -0.05) is 0 Å². The molecule has 94 valence electrons. The molecule has 7 heteroatoms. The second-order valence-corrected chi connectivity index (χ2v) is 5.75. The van der Waals surface area contributed by atoms with Crippen molar-refractivity contribution in [2.24, 2.45) is 0 Å². The predicted molar refractivity (Wildman–Crippen MR) is 65.3 cm³/mol. The number of benzene rings is 1. The van der Waals surface area contributed by atoms with Crippen LogP contribution in [-0.4, -0.2) is 26.8 Å². The molecule has 1 aromatic carbocycles. The maximum atomic E-state index is 11.6. The third kappa shape index (κ3) is 3.17. The molecule has 1 heterocycles. The molecule has 1 N–H and O–H groups in total. The van der Waals surface area contributed by atoms with Crippen molar-refractivity contribution in [3.8, 4) is 11.5 Å². The Morgan fingerprint density at radius 1 is 1.29 bits per heavy atom. The summed E-state index contributed by atoms with van der Waals surface area (Å²) in [6, 6.07) is 4.90. The van der Waals surface area contributed by atoms with E-state index in [0.717, 1.165) is 0 Å². The first-order valence-electron chi connectivity index (χ1n) is 5.07. The van der Waals surface area contributed by atoms with Crippen LogP contribution in [0.5, 0.6) is 11.5 Å². The quantitative estimate of drug-likeness (QED) is 0.834. The molecule has 0 amide bonds. The van der Waals surface area contributed by atoms with Gasteiger partial charge in [0.25, 0.3) is 0 Å². The lowest BCUT2D eigenvalue weighted by molar-refractivity contribution is 0.174. The van der Waals surface area contributed by atoms with Crippen molar-refractivity contribution in [2.45, 2.75) is 6.42 Å². The molecule has 2 rings (SSSR count). The van der Waals surface area contributed by atoms with Crippen molar-refractivity contribution in [3.63, 3.8) is 0 Å². The number of hydrogen-bond acceptors (Lipinski definition) is 4. The maximum Gasteiger partial charge on any atom is 0.232 e. The minimum atomic E-state index is -3.35. The van der Waals surface area contributed by atoms with Gasteiger partial charge >= 0.3 is 0 Å². The van der Waals surface area contributed by atoms with Crippen molar-refractivity contribution >= 4 is 27.3 Å². The van der Waals surface area contributed by atoms with E-state index in [4.69, 9.17) is 21.1 Å². The van der Waals surface area contributed by atoms with Crippen molar-refractivity contribution < 1.29 is 17.9 Å². The van der Waals surface area contributed by atoms with Crippen molar-refractivity contribution in [1.82, 2.24) is 0 Å². The SMILES string of the molecule is O=S(=O)(CCCCl)Nc1ccc2c(c1)OCO2. The molecule has 17 heavy (non-hydrogen) atoms. The standard InChI is InChI=1S/C10H12ClNO4S/c11-4-1-5-17(13,14)12-8-2-3-9-10(6-8)16-7-15-9/h2-3,6,12H,1,4-5,7H2. The van der Waals surface area contributed by atoms with E-state index in [9.17, 15) is 8.42 Å². The normalized spacial score (nSPS) is 13.7. The number of nitrogens with one attached hydrogen (secondary N) is 1. The van der Waals surface area contributed by atoms with Crippen LogP contribution in [0, 0.1) is 0 Å². The monoisotopic (exact) mass is 277 g/mol. The van der Waals surface area contributed by atoms with Gasteiger partial charge in [-0.2, -0.15) is 0 Å². The summed E-state index contributed by atoms with van der Waals surface area (Å²) in [6.07, 6.45) is 0.418. The topological polar surface area (TPSA) is 64.6 Å². The summed E-state index contributed by atoms with van der Waals surface area (Å²) < 4.78 is 36.0. The third-order valence-corrected chi connectivity index (χ3v) is 3.83. The summed E-state index contributed by atoms with van der Waals surface area (Å²) in [5.41, 5.74) is 0.462. The zero-order valence-corrected chi connectivity index (χ0v) is 10.6. The van der Waals surface area contributed by atoms with Gasteiger partial charge in [0.15, 0.2) is 11.5 Å². The highest BCUT2D eigenvalue weighted by Crippen LogP contribution is 2.34. The fraction of sp³-hybridized carbons (Fsp3) is 0.400. The van der Waals surface area contributed by atoms with Gasteiger partial charge in [0.05, 0.1) is 11.4 Å². The second-order valence-electron chi connectivity index (χ2n) is 3.53. The molecular formula is C10H12ClNO4S. The Bertz CT molecular complexity index is 503. The van der Waals surface area contributed by atoms with Crippen LogP contribution in [0.4, 0.5) is 5.69 Å². The third-order valence-electron chi connectivity index (χ3n) is 2.19. The van der Waals surface area contributed by atoms with Gasteiger partial charge in [-0.25, -0.2) is 8.42 Å². The molecule has 0 bridgehead atoms. The highest BCUT2D eigenvalue weighted by molar-refractivity contribution is 7.92. The highest BCUT2D eigenvalue weighted by atomic mass is 35.5. The summed E-state index contributed by atoms with van der Waals surface area (Å²) >= 11 is 5.46. The summed E-state index contributed by atoms with van der Waals surface area (Å²) in [6.45, 7) is 0.164. The van der Waals surface area contributed by atoms with E-state index in [1.807, 2.05) is 0 Å². The smallest absolute Gasteiger partial charge is 0.232 e. The first-order chi connectivity index (χ1) is 8.11. The Morgan fingerprint density at radius 3 is 2.82 bits per heavy atom. The van der Waals surface area contributed by atoms with Crippen molar-refractivity contribution in [3.05, 3.63) is 18.2 Å². The van der Waals surface area contributed by atoms with Crippen LogP contribution in [0.25, 0.3) is 0 Å². The molecule has 0 aromatic heterocycles. The lowest BCUT2D eigenvalue weighted by atomic mass is 10.3. The molecule has 1 aliphatic rings. The second kappa shape index (κ2) is 5.01. The minimum absolute atomic E-state index is 0.00490. The van der Waals surface area contributed by atoms with Gasteiger partial charge in [-0.05, 0) is 18.6 Å². The number of sulfonamides is 1. The van der Waals surface area contributed by atoms with Crippen LogP contribution in [0.1, 0.15) is 6.42 Å². The molecule has 1 aliphatic heterocycles. The van der Waals surface area contributed by atoms with Crippen LogP contribution >= 0.6 is 11.6 Å². The Balaban J connectivity index is 2.09. The van der Waals surface area contributed by atoms with Crippen LogP contribution in [0.15, 0.2) is 18.2 Å². The molecule has 0 saturated carbocycles. The number of halogens is 1. The molecule has 0 spiro atoms. The maximum absolute atomic E-state index is 11.6. The summed E-state index contributed by atoms with van der Waals surface area (Å²) in [5, 5.41) is 0. The first kappa shape index (κ1) is 12.3. The first-order valence-corrected chi connectivity index (χ1v) is 7.25. The largest absolute Gasteiger partial charge is 0.454 e. The zero-order chi connectivity index (χ0) is 12.3. The molecule has 0 unspecified atom stereocenters. The average molecular weight is 278 g/mol. The molecule has 0 fully saturated rings. The lowest BCUT2D eigenvalue weighted by Gasteiger charge is -2.07. The molecule has 0 saturated heterocycles. The fourth-order valence-corrected chi connectivity index (χ4v) is 2.84. The summed E-state index contributed by atoms with van der Waals surface area (Å²) in [5.74, 6) is 1.49. The van der Waals surface area contributed by atoms with Crippen LogP contribution in [0.2, 0.25) is 0 Å². The minimum Gasteiger partial charge on any atom is -0.454 e. The lowest BCUT2D eigenvalue weighted by Crippen LogP contribution is -2.16. The van der Waals surface area contributed by atoms with E-state index in [-0.39, 0.29) is 12.5 Å². The summed E-state index contributed by atoms with van der Waals surface area (Å²) in [4.78, 5) is 0. The number of anilines is 1. The Kier molecular flexibility index (Phi) is 3.63. The number of fused-ring (bicyclic) bond motifs is 1. The fourth-order valence-electron chi connectivity index (χ4n) is 1.44. The Labute approximate surface area is 105 Å². The Hall–Kier alpha value is -1.14. The van der Waals surface area contributed by atoms with Crippen LogP contribution < -0.4 is 14.2 Å². The van der Waals surface area contributed by atoms with E-state index in [0.29, 0.717) is 29.5 Å². The summed E-state index contributed by atoms with van der Waals surface area (Å²) in [7, 11) is -3.35. The van der Waals surface area contributed by atoms with Gasteiger partial charge in [-0.15, -0.1) is 11.6 Å². The van der Waals surface area contributed by atoms with Gasteiger partial charge in [0, 0.05) is 11.9 Å². The van der Waals surface area contributed by atoms with E-state index >= 15 is 0 Å². The van der Waals surface area contributed by atoms with Crippen LogP contribution in [-0.2, 0) is 10.0 Å². The molecular weight excluding hydrogens is 266 g/mol. The number of hydrogen-bond donors (Lipinski definition) is 1. The van der Waals surface area contributed by atoms with E-state index < -0.39 is 10.0 Å². The number of rotatable bonds is 5. The molecule has 5 nitrogen and oxygen atoms in total. The van der Waals surface area contributed by atoms with E-state index in [1.54, 1.807) is 18.2 Å². The molecule has 0 aliphatic carbocycles. The molecule has 0 atom stereocenters. The van der Waals surface area contributed by atoms with Crippen molar-refractivity contribution in [2.75, 3.05) is 23.1 Å². The number of ether oxygens (including phenoxy) is 2. The van der Waals surface area contributed by atoms with Crippen molar-refractivity contribution in [1.29, 1.82) is 0 Å². The van der Waals surface area contributed by atoms with Gasteiger partial charge in [-0.3, -0.25) is 4.72 Å².